The van der Waals surface area contributed by atoms with Crippen molar-refractivity contribution in [3.63, 3.8) is 0 Å². The molecule has 0 radical (unpaired) electrons. The van der Waals surface area contributed by atoms with Gasteiger partial charge in [-0.3, -0.25) is 0 Å². The smallest absolute Gasteiger partial charge is 0.126 e. The second-order valence-electron chi connectivity index (χ2n) is 4.73. The predicted octanol–water partition coefficient (Wildman–Crippen LogP) is 2.34. The zero-order valence-corrected chi connectivity index (χ0v) is 10.7. The Hall–Kier alpha value is -1.22. The average molecular weight is 235 g/mol. The molecule has 17 heavy (non-hydrogen) atoms. The summed E-state index contributed by atoms with van der Waals surface area (Å²) in [5.41, 5.74) is 1.30. The molecule has 0 N–H and O–H groups in total. The lowest BCUT2D eigenvalue weighted by Gasteiger charge is -2.18. The third kappa shape index (κ3) is 3.63. The molecule has 1 aliphatic heterocycles. The highest BCUT2D eigenvalue weighted by Gasteiger charge is 2.10. The molecule has 0 amide bonds. The minimum Gasteiger partial charge on any atom is -0.493 e. The van der Waals surface area contributed by atoms with Crippen molar-refractivity contribution in [1.29, 1.82) is 0 Å². The van der Waals surface area contributed by atoms with Gasteiger partial charge in [0.2, 0.25) is 0 Å². The van der Waals surface area contributed by atoms with Crippen LogP contribution in [0.25, 0.3) is 0 Å². The maximum Gasteiger partial charge on any atom is 0.126 e. The Morgan fingerprint density at radius 2 is 2.24 bits per heavy atom. The Kier molecular flexibility index (Phi) is 4.26. The zero-order chi connectivity index (χ0) is 12.1. The van der Waals surface area contributed by atoms with Crippen molar-refractivity contribution in [3.05, 3.63) is 23.8 Å². The number of aryl methyl sites for hydroxylation is 1. The molecule has 1 heterocycles. The van der Waals surface area contributed by atoms with Gasteiger partial charge < -0.3 is 14.4 Å². The number of ether oxygens (including phenoxy) is 2. The van der Waals surface area contributed by atoms with Crippen LogP contribution in [0.4, 0.5) is 0 Å². The molecular formula is C14H21NO2. The van der Waals surface area contributed by atoms with Gasteiger partial charge in [0.25, 0.3) is 0 Å². The molecule has 0 fully saturated rings. The van der Waals surface area contributed by atoms with Crippen LogP contribution in [-0.2, 0) is 6.42 Å². The first-order valence-electron chi connectivity index (χ1n) is 6.29. The quantitative estimate of drug-likeness (QED) is 0.731. The summed E-state index contributed by atoms with van der Waals surface area (Å²) in [6.45, 7) is 2.65. The van der Waals surface area contributed by atoms with E-state index in [4.69, 9.17) is 9.47 Å². The Balaban J connectivity index is 1.85. The van der Waals surface area contributed by atoms with E-state index in [1.54, 1.807) is 0 Å². The summed E-state index contributed by atoms with van der Waals surface area (Å²) in [5, 5.41) is 0. The predicted molar refractivity (Wildman–Crippen MR) is 68.9 cm³/mol. The van der Waals surface area contributed by atoms with Crippen molar-refractivity contribution in [3.8, 4) is 11.5 Å². The molecule has 1 aromatic rings. The molecule has 0 atom stereocenters. The number of fused-ring (bicyclic) bond motifs is 1. The van der Waals surface area contributed by atoms with E-state index >= 15 is 0 Å². The van der Waals surface area contributed by atoms with Gasteiger partial charge in [-0.2, -0.15) is 0 Å². The zero-order valence-electron chi connectivity index (χ0n) is 10.7. The Labute approximate surface area is 103 Å². The molecule has 1 aliphatic rings. The van der Waals surface area contributed by atoms with Crippen molar-refractivity contribution in [2.45, 2.75) is 19.3 Å². The fourth-order valence-corrected chi connectivity index (χ4v) is 1.98. The van der Waals surface area contributed by atoms with Gasteiger partial charge in [-0.1, -0.05) is 6.07 Å². The van der Waals surface area contributed by atoms with Crippen LogP contribution in [0.15, 0.2) is 18.2 Å². The fourth-order valence-electron chi connectivity index (χ4n) is 1.98. The molecule has 0 spiro atoms. The normalized spacial score (nSPS) is 14.3. The van der Waals surface area contributed by atoms with Crippen LogP contribution >= 0.6 is 0 Å². The van der Waals surface area contributed by atoms with Gasteiger partial charge in [0, 0.05) is 12.6 Å². The first-order valence-corrected chi connectivity index (χ1v) is 6.29. The minimum atomic E-state index is 0.761. The van der Waals surface area contributed by atoms with Crippen molar-refractivity contribution < 1.29 is 9.47 Å². The van der Waals surface area contributed by atoms with E-state index in [2.05, 4.69) is 25.1 Å². The van der Waals surface area contributed by atoms with Crippen molar-refractivity contribution in [1.82, 2.24) is 4.90 Å². The summed E-state index contributed by atoms with van der Waals surface area (Å²) < 4.78 is 11.3. The van der Waals surface area contributed by atoms with E-state index in [-0.39, 0.29) is 0 Å². The Morgan fingerprint density at radius 1 is 1.35 bits per heavy atom. The molecule has 0 aliphatic carbocycles. The van der Waals surface area contributed by atoms with Crippen molar-refractivity contribution in [2.75, 3.05) is 33.9 Å². The second-order valence-corrected chi connectivity index (χ2v) is 4.73. The summed E-state index contributed by atoms with van der Waals surface area (Å²) in [6.07, 6.45) is 3.29. The van der Waals surface area contributed by atoms with Gasteiger partial charge >= 0.3 is 0 Å². The van der Waals surface area contributed by atoms with E-state index in [0.29, 0.717) is 0 Å². The van der Waals surface area contributed by atoms with E-state index < -0.39 is 0 Å². The highest BCUT2D eigenvalue weighted by atomic mass is 16.5. The third-order valence-corrected chi connectivity index (χ3v) is 2.91. The molecule has 0 saturated heterocycles. The van der Waals surface area contributed by atoms with Crippen LogP contribution in [0.5, 0.6) is 11.5 Å². The van der Waals surface area contributed by atoms with Crippen molar-refractivity contribution >= 4 is 0 Å². The van der Waals surface area contributed by atoms with Crippen molar-refractivity contribution in [2.24, 2.45) is 0 Å². The topological polar surface area (TPSA) is 21.7 Å². The summed E-state index contributed by atoms with van der Waals surface area (Å²) in [4.78, 5) is 2.17. The van der Waals surface area contributed by atoms with Gasteiger partial charge in [-0.15, -0.1) is 0 Å². The summed E-state index contributed by atoms with van der Waals surface area (Å²) in [7, 11) is 4.15. The SMILES string of the molecule is CN(C)CCCOc1ccc2c(c1)OCCC2. The van der Waals surface area contributed by atoms with Gasteiger partial charge in [0.1, 0.15) is 11.5 Å². The largest absolute Gasteiger partial charge is 0.493 e. The molecule has 0 bridgehead atoms. The molecule has 0 saturated carbocycles. The van der Waals surface area contributed by atoms with Gasteiger partial charge in [0.05, 0.1) is 13.2 Å². The minimum absolute atomic E-state index is 0.761. The van der Waals surface area contributed by atoms with Gasteiger partial charge in [-0.05, 0) is 45.0 Å². The molecule has 3 heteroatoms. The highest BCUT2D eigenvalue weighted by Crippen LogP contribution is 2.28. The number of benzene rings is 1. The maximum absolute atomic E-state index is 5.72. The molecular weight excluding hydrogens is 214 g/mol. The standard InChI is InChI=1S/C14H21NO2/c1-15(2)8-4-10-16-13-7-6-12-5-3-9-17-14(12)11-13/h6-7,11H,3-5,8-10H2,1-2H3. The summed E-state index contributed by atoms with van der Waals surface area (Å²) >= 11 is 0. The van der Waals surface area contributed by atoms with Gasteiger partial charge in [-0.25, -0.2) is 0 Å². The second kappa shape index (κ2) is 5.92. The van der Waals surface area contributed by atoms with E-state index in [1.165, 1.54) is 5.56 Å². The molecule has 94 valence electrons. The van der Waals surface area contributed by atoms with Crippen LogP contribution in [0.3, 0.4) is 0 Å². The number of hydrogen-bond donors (Lipinski definition) is 0. The number of nitrogens with zero attached hydrogens (tertiary/aromatic N) is 1. The third-order valence-electron chi connectivity index (χ3n) is 2.91. The Morgan fingerprint density at radius 3 is 3.06 bits per heavy atom. The van der Waals surface area contributed by atoms with E-state index in [1.807, 2.05) is 12.1 Å². The Bertz CT molecular complexity index is 363. The first kappa shape index (κ1) is 12.2. The summed E-state index contributed by atoms with van der Waals surface area (Å²) in [5.74, 6) is 1.92. The number of hydrogen-bond acceptors (Lipinski definition) is 3. The lowest BCUT2D eigenvalue weighted by Crippen LogP contribution is -2.15. The lowest BCUT2D eigenvalue weighted by molar-refractivity contribution is 0.270. The first-order chi connectivity index (χ1) is 8.25. The van der Waals surface area contributed by atoms with Crippen LogP contribution in [-0.4, -0.2) is 38.8 Å². The maximum atomic E-state index is 5.72. The highest BCUT2D eigenvalue weighted by molar-refractivity contribution is 5.41. The molecule has 0 unspecified atom stereocenters. The van der Waals surface area contributed by atoms with E-state index in [0.717, 1.165) is 50.5 Å². The molecule has 2 rings (SSSR count). The van der Waals surface area contributed by atoms with Crippen LogP contribution in [0.2, 0.25) is 0 Å². The molecule has 0 aromatic heterocycles. The van der Waals surface area contributed by atoms with Gasteiger partial charge in [0.15, 0.2) is 0 Å². The molecule has 1 aromatic carbocycles. The van der Waals surface area contributed by atoms with Crippen LogP contribution < -0.4 is 9.47 Å². The number of rotatable bonds is 5. The average Bonchev–Trinajstić information content (AvgIpc) is 2.34. The van der Waals surface area contributed by atoms with Crippen LogP contribution in [0, 0.1) is 0 Å². The van der Waals surface area contributed by atoms with E-state index in [9.17, 15) is 0 Å². The monoisotopic (exact) mass is 235 g/mol. The fraction of sp³-hybridized carbons (Fsp3) is 0.571. The molecule has 3 nitrogen and oxygen atoms in total. The van der Waals surface area contributed by atoms with Crippen LogP contribution in [0.1, 0.15) is 18.4 Å². The summed E-state index contributed by atoms with van der Waals surface area (Å²) in [6, 6.07) is 6.18. The lowest BCUT2D eigenvalue weighted by atomic mass is 10.1.